The van der Waals surface area contributed by atoms with E-state index in [1.165, 1.54) is 28.4 Å². The Morgan fingerprint density at radius 3 is 2.59 bits per heavy atom. The van der Waals surface area contributed by atoms with Crippen LogP contribution in [-0.2, 0) is 4.79 Å². The fraction of sp³-hybridized carbons (Fsp3) is 0.286. The van der Waals surface area contributed by atoms with Gasteiger partial charge >= 0.3 is 5.97 Å². The summed E-state index contributed by atoms with van der Waals surface area (Å²) in [6.45, 7) is 6.53. The second kappa shape index (κ2) is 8.25. The van der Waals surface area contributed by atoms with Gasteiger partial charge in [0.2, 0.25) is 16.5 Å². The van der Waals surface area contributed by atoms with E-state index in [1.807, 2.05) is 18.7 Å². The summed E-state index contributed by atoms with van der Waals surface area (Å²) in [5.74, 6) is -1.05. The highest BCUT2D eigenvalue weighted by molar-refractivity contribution is 7.15. The summed E-state index contributed by atoms with van der Waals surface area (Å²) in [7, 11) is 0. The summed E-state index contributed by atoms with van der Waals surface area (Å²) < 4.78 is 5.46. The lowest BCUT2D eigenvalue weighted by molar-refractivity contribution is -0.120. The second-order valence-electron chi connectivity index (χ2n) is 8.02. The lowest BCUT2D eigenvalue weighted by atomic mass is 9.99. The van der Waals surface area contributed by atoms with Crippen LogP contribution in [0.3, 0.4) is 0 Å². The van der Waals surface area contributed by atoms with Gasteiger partial charge in [-0.05, 0) is 32.4 Å². The number of nitrogens with one attached hydrogen (secondary N) is 1. The van der Waals surface area contributed by atoms with Gasteiger partial charge in [-0.25, -0.2) is 19.7 Å². The topological polar surface area (TPSA) is 143 Å². The molecule has 1 aliphatic heterocycles. The Balaban J connectivity index is 1.46. The molecule has 4 aromatic rings. The number of hydrogen-bond donors (Lipinski definition) is 2. The molecular weight excluding hydrogens is 478 g/mol. The van der Waals surface area contributed by atoms with Gasteiger partial charge in [0.25, 0.3) is 0 Å². The zero-order chi connectivity index (χ0) is 24.1. The monoisotopic (exact) mass is 497 g/mol. The number of fused-ring (bicyclic) bond motifs is 1. The predicted molar refractivity (Wildman–Crippen MR) is 128 cm³/mol. The molecule has 0 bridgehead atoms. The van der Waals surface area contributed by atoms with Gasteiger partial charge in [-0.2, -0.15) is 4.37 Å². The Bertz CT molecular complexity index is 1480. The smallest absolute Gasteiger partial charge is 0.341 e. The van der Waals surface area contributed by atoms with Gasteiger partial charge in [-0.3, -0.25) is 14.2 Å². The first-order valence-corrected chi connectivity index (χ1v) is 11.9. The Kier molecular flexibility index (Phi) is 5.37. The zero-order valence-electron chi connectivity index (χ0n) is 18.4. The Morgan fingerprint density at radius 1 is 1.21 bits per heavy atom. The molecule has 1 fully saturated rings. The van der Waals surface area contributed by atoms with Crippen LogP contribution in [0, 0.1) is 26.7 Å². The van der Waals surface area contributed by atoms with Gasteiger partial charge in [0.1, 0.15) is 17.7 Å². The summed E-state index contributed by atoms with van der Waals surface area (Å²) in [5.41, 5.74) is 0.818. The molecule has 34 heavy (non-hydrogen) atoms. The first-order chi connectivity index (χ1) is 16.2. The van der Waals surface area contributed by atoms with E-state index in [9.17, 15) is 19.5 Å². The van der Waals surface area contributed by atoms with Crippen molar-refractivity contribution in [1.82, 2.24) is 23.9 Å². The number of amides is 1. The van der Waals surface area contributed by atoms with Crippen LogP contribution in [0.5, 0.6) is 0 Å². The van der Waals surface area contributed by atoms with E-state index in [0.717, 1.165) is 22.1 Å². The predicted octanol–water partition coefficient (Wildman–Crippen LogP) is 2.39. The van der Waals surface area contributed by atoms with Crippen molar-refractivity contribution < 1.29 is 14.7 Å². The molecule has 11 nitrogen and oxygen atoms in total. The molecule has 0 radical (unpaired) electrons. The van der Waals surface area contributed by atoms with Gasteiger partial charge in [0.05, 0.1) is 17.0 Å². The number of aromatic nitrogens is 5. The average molecular weight is 498 g/mol. The van der Waals surface area contributed by atoms with Crippen LogP contribution in [0.4, 0.5) is 10.9 Å². The Hall–Kier alpha value is -3.71. The maximum atomic E-state index is 12.9. The SMILES string of the molecule is Cc1nc(NC(=O)C2CN(c3cc(C)c4c(=O)c(C(=O)O)cn(-c5ncns5)c4n3)C2)sc1C. The highest BCUT2D eigenvalue weighted by Crippen LogP contribution is 2.29. The van der Waals surface area contributed by atoms with Crippen LogP contribution in [0.15, 0.2) is 23.4 Å². The van der Waals surface area contributed by atoms with Crippen LogP contribution in [-0.4, -0.2) is 54.0 Å². The summed E-state index contributed by atoms with van der Waals surface area (Å²) in [4.78, 5) is 53.3. The highest BCUT2D eigenvalue weighted by atomic mass is 32.1. The third-order valence-electron chi connectivity index (χ3n) is 5.76. The molecule has 2 N–H and O–H groups in total. The molecule has 5 rings (SSSR count). The summed E-state index contributed by atoms with van der Waals surface area (Å²) >= 11 is 2.51. The summed E-state index contributed by atoms with van der Waals surface area (Å²) in [6.07, 6.45) is 2.58. The first kappa shape index (κ1) is 22.1. The number of aromatic carboxylic acids is 1. The van der Waals surface area contributed by atoms with E-state index in [4.69, 9.17) is 0 Å². The number of rotatable bonds is 5. The van der Waals surface area contributed by atoms with Gasteiger partial charge in [-0.15, -0.1) is 11.3 Å². The lowest BCUT2D eigenvalue weighted by Crippen LogP contribution is -2.52. The maximum Gasteiger partial charge on any atom is 0.341 e. The molecular formula is C21H19N7O4S2. The van der Waals surface area contributed by atoms with Crippen molar-refractivity contribution >= 4 is 56.7 Å². The number of carboxylic acid groups (broad SMARTS) is 1. The molecule has 4 aromatic heterocycles. The molecule has 13 heteroatoms. The molecule has 0 aliphatic carbocycles. The van der Waals surface area contributed by atoms with Crippen molar-refractivity contribution in [1.29, 1.82) is 0 Å². The quantitative estimate of drug-likeness (QED) is 0.425. The number of nitrogens with zero attached hydrogens (tertiary/aromatic N) is 6. The summed E-state index contributed by atoms with van der Waals surface area (Å²) in [6, 6.07) is 1.74. The minimum Gasteiger partial charge on any atom is -0.477 e. The molecule has 5 heterocycles. The fourth-order valence-corrected chi connectivity index (χ4v) is 5.10. The van der Waals surface area contributed by atoms with E-state index in [0.29, 0.717) is 40.4 Å². The van der Waals surface area contributed by atoms with Crippen LogP contribution < -0.4 is 15.6 Å². The van der Waals surface area contributed by atoms with E-state index in [2.05, 4.69) is 24.6 Å². The van der Waals surface area contributed by atoms with Crippen molar-refractivity contribution in [2.45, 2.75) is 20.8 Å². The normalized spacial score (nSPS) is 13.8. The van der Waals surface area contributed by atoms with E-state index in [1.54, 1.807) is 13.0 Å². The molecule has 1 saturated heterocycles. The molecule has 0 atom stereocenters. The largest absolute Gasteiger partial charge is 0.477 e. The summed E-state index contributed by atoms with van der Waals surface area (Å²) in [5, 5.41) is 13.6. The number of thiazole rings is 1. The van der Waals surface area contributed by atoms with Crippen molar-refractivity contribution in [3.63, 3.8) is 0 Å². The van der Waals surface area contributed by atoms with Crippen LogP contribution in [0.2, 0.25) is 0 Å². The standard InChI is InChI=1S/C21H19N7O4S2/c1-9-4-14(27-5-12(6-27)18(30)26-20-24-10(2)11(3)33-20)25-17-15(9)16(29)13(19(31)32)7-28(17)21-22-8-23-34-21/h4,7-8,12H,5-6H2,1-3H3,(H,31,32)(H,24,26,30). The third kappa shape index (κ3) is 3.72. The molecule has 0 aromatic carbocycles. The number of aryl methyl sites for hydroxylation is 3. The number of anilines is 2. The zero-order valence-corrected chi connectivity index (χ0v) is 20.0. The number of hydrogen-bond acceptors (Lipinski definition) is 10. The number of carboxylic acids is 1. The van der Waals surface area contributed by atoms with Crippen LogP contribution >= 0.6 is 22.9 Å². The van der Waals surface area contributed by atoms with Gasteiger partial charge in [0, 0.05) is 35.7 Å². The third-order valence-corrected chi connectivity index (χ3v) is 7.42. The average Bonchev–Trinajstić information content (AvgIpc) is 3.36. The van der Waals surface area contributed by atoms with Gasteiger partial charge < -0.3 is 15.3 Å². The molecule has 1 aliphatic rings. The number of pyridine rings is 2. The van der Waals surface area contributed by atoms with Crippen molar-refractivity contribution in [3.05, 3.63) is 50.5 Å². The van der Waals surface area contributed by atoms with Crippen molar-refractivity contribution in [2.75, 3.05) is 23.3 Å². The molecule has 174 valence electrons. The molecule has 1 amide bonds. The van der Waals surface area contributed by atoms with Crippen LogP contribution in [0.1, 0.15) is 26.5 Å². The van der Waals surface area contributed by atoms with Crippen molar-refractivity contribution in [2.24, 2.45) is 5.92 Å². The Morgan fingerprint density at radius 2 is 1.97 bits per heavy atom. The number of carbonyl (C=O) groups is 2. The minimum atomic E-state index is -1.32. The van der Waals surface area contributed by atoms with E-state index >= 15 is 0 Å². The maximum absolute atomic E-state index is 12.9. The molecule has 0 spiro atoms. The molecule has 0 unspecified atom stereocenters. The Labute approximate surface area is 200 Å². The van der Waals surface area contributed by atoms with Crippen LogP contribution in [0.25, 0.3) is 16.2 Å². The van der Waals surface area contributed by atoms with Crippen molar-refractivity contribution in [3.8, 4) is 5.13 Å². The van der Waals surface area contributed by atoms with E-state index < -0.39 is 11.4 Å². The lowest BCUT2D eigenvalue weighted by Gasteiger charge is -2.39. The second-order valence-corrected chi connectivity index (χ2v) is 9.98. The highest BCUT2D eigenvalue weighted by Gasteiger charge is 2.34. The molecule has 0 saturated carbocycles. The fourth-order valence-electron chi connectivity index (χ4n) is 3.78. The van der Waals surface area contributed by atoms with Gasteiger partial charge in [-0.1, -0.05) is 0 Å². The van der Waals surface area contributed by atoms with E-state index in [-0.39, 0.29) is 22.8 Å². The number of carbonyl (C=O) groups excluding carboxylic acids is 1. The minimum absolute atomic E-state index is 0.0978. The van der Waals surface area contributed by atoms with Gasteiger partial charge in [0.15, 0.2) is 10.8 Å². The first-order valence-electron chi connectivity index (χ1n) is 10.3.